The molecule has 7 nitrogen and oxygen atoms in total. The first kappa shape index (κ1) is 22.2. The largest absolute Gasteiger partial charge is 0.492 e. The molecule has 0 unspecified atom stereocenters. The number of non-ortho nitro benzene ring substituents is 1. The van der Waals surface area contributed by atoms with Gasteiger partial charge in [-0.1, -0.05) is 35.9 Å². The van der Waals surface area contributed by atoms with Crippen LogP contribution in [0.5, 0.6) is 5.75 Å². The monoisotopic (exact) mass is 438 g/mol. The molecule has 0 aromatic heterocycles. The zero-order valence-electron chi connectivity index (χ0n) is 17.1. The molecule has 1 N–H and O–H groups in total. The molecule has 0 spiro atoms. The minimum Gasteiger partial charge on any atom is -0.492 e. The average molecular weight is 439 g/mol. The maximum Gasteiger partial charge on any atom is 0.271 e. The topological polar surface area (TPSA) is 89.1 Å². The molecule has 0 aliphatic heterocycles. The lowest BCUT2D eigenvalue weighted by Crippen LogP contribution is -2.11. The number of azo groups is 1. The lowest BCUT2D eigenvalue weighted by atomic mass is 10.1. The Morgan fingerprint density at radius 3 is 2.61 bits per heavy atom. The predicted octanol–water partition coefficient (Wildman–Crippen LogP) is 6.37. The third-order valence-electron chi connectivity index (χ3n) is 4.59. The second kappa shape index (κ2) is 11.1. The molecule has 0 heterocycles. The van der Waals surface area contributed by atoms with Crippen molar-refractivity contribution in [3.05, 3.63) is 93.0 Å². The van der Waals surface area contributed by atoms with Crippen molar-refractivity contribution in [1.82, 2.24) is 0 Å². The number of benzene rings is 3. The van der Waals surface area contributed by atoms with E-state index in [0.717, 1.165) is 23.4 Å². The first-order chi connectivity index (χ1) is 15.0. The Hall–Kier alpha value is -3.45. The van der Waals surface area contributed by atoms with Crippen LogP contribution in [0.3, 0.4) is 0 Å². The van der Waals surface area contributed by atoms with Gasteiger partial charge in [0.2, 0.25) is 0 Å². The Balaban J connectivity index is 1.46. The number of hydrogen-bond donors (Lipinski definition) is 1. The van der Waals surface area contributed by atoms with Crippen molar-refractivity contribution in [3.63, 3.8) is 0 Å². The van der Waals surface area contributed by atoms with E-state index in [-0.39, 0.29) is 10.7 Å². The van der Waals surface area contributed by atoms with Gasteiger partial charge in [-0.25, -0.2) is 0 Å². The van der Waals surface area contributed by atoms with Crippen LogP contribution >= 0.6 is 11.6 Å². The third-order valence-corrected chi connectivity index (χ3v) is 4.89. The number of aryl methyl sites for hydroxylation is 1. The van der Waals surface area contributed by atoms with Gasteiger partial charge in [0.25, 0.3) is 5.69 Å². The van der Waals surface area contributed by atoms with E-state index in [1.165, 1.54) is 23.8 Å². The fraction of sp³-hybridized carbons (Fsp3) is 0.217. The number of ether oxygens (including phenoxy) is 1. The van der Waals surface area contributed by atoms with Crippen LogP contribution in [0.2, 0.25) is 5.02 Å². The summed E-state index contributed by atoms with van der Waals surface area (Å²) in [6, 6.07) is 20.1. The predicted molar refractivity (Wildman–Crippen MR) is 123 cm³/mol. The highest BCUT2D eigenvalue weighted by atomic mass is 35.5. The average Bonchev–Trinajstić information content (AvgIpc) is 2.77. The molecule has 0 atom stereocenters. The Kier molecular flexibility index (Phi) is 7.95. The maximum absolute atomic E-state index is 10.8. The zero-order valence-corrected chi connectivity index (χ0v) is 17.9. The maximum atomic E-state index is 10.8. The Labute approximate surface area is 185 Å². The molecule has 0 fully saturated rings. The lowest BCUT2D eigenvalue weighted by Gasteiger charge is -2.11. The molecule has 0 amide bonds. The van der Waals surface area contributed by atoms with Gasteiger partial charge < -0.3 is 10.1 Å². The van der Waals surface area contributed by atoms with Crippen molar-refractivity contribution < 1.29 is 9.66 Å². The van der Waals surface area contributed by atoms with Gasteiger partial charge in [-0.15, -0.1) is 0 Å². The highest BCUT2D eigenvalue weighted by Crippen LogP contribution is 2.29. The first-order valence-electron chi connectivity index (χ1n) is 9.85. The summed E-state index contributed by atoms with van der Waals surface area (Å²) in [6.07, 6.45) is 0.733. The van der Waals surface area contributed by atoms with E-state index in [0.29, 0.717) is 25.4 Å². The van der Waals surface area contributed by atoms with Crippen LogP contribution in [-0.2, 0) is 6.42 Å². The number of nitro benzene ring substituents is 1. The molecule has 0 aliphatic rings. The van der Waals surface area contributed by atoms with E-state index in [1.807, 2.05) is 36.4 Å². The van der Waals surface area contributed by atoms with Crippen molar-refractivity contribution in [2.24, 2.45) is 10.2 Å². The van der Waals surface area contributed by atoms with Gasteiger partial charge in [-0.05, 0) is 54.8 Å². The quantitative estimate of drug-likeness (QED) is 0.172. The fourth-order valence-electron chi connectivity index (χ4n) is 2.95. The summed E-state index contributed by atoms with van der Waals surface area (Å²) in [5, 5.41) is 22.6. The Bertz CT molecular complexity index is 1060. The number of hydrogen-bond acceptors (Lipinski definition) is 6. The molecular weight excluding hydrogens is 416 g/mol. The summed E-state index contributed by atoms with van der Waals surface area (Å²) in [5.41, 5.74) is 3.73. The number of nitrogens with one attached hydrogen (secondary N) is 1. The van der Waals surface area contributed by atoms with Gasteiger partial charge in [0, 0.05) is 24.4 Å². The second-order valence-electron chi connectivity index (χ2n) is 6.84. The zero-order chi connectivity index (χ0) is 22.1. The number of para-hydroxylation sites is 1. The second-order valence-corrected chi connectivity index (χ2v) is 7.24. The van der Waals surface area contributed by atoms with E-state index in [4.69, 9.17) is 16.3 Å². The van der Waals surface area contributed by atoms with Crippen molar-refractivity contribution in [3.8, 4) is 5.75 Å². The van der Waals surface area contributed by atoms with Crippen LogP contribution < -0.4 is 10.1 Å². The Morgan fingerprint density at radius 1 is 1.10 bits per heavy atom. The van der Waals surface area contributed by atoms with E-state index in [9.17, 15) is 10.1 Å². The minimum atomic E-state index is -0.496. The fourth-order valence-corrected chi connectivity index (χ4v) is 3.17. The third kappa shape index (κ3) is 6.79. The molecule has 3 rings (SSSR count). The summed E-state index contributed by atoms with van der Waals surface area (Å²) < 4.78 is 5.68. The standard InChI is InChI=1S/C23H23ClN4O3/c1-17-15-19(25-13-14-31-21-5-3-2-4-6-21)8-7-18(17)11-12-26-27-23-10-9-20(28(29)30)16-22(23)24/h2-10,15-16,25H,11-14H2,1H3. The van der Waals surface area contributed by atoms with E-state index in [1.54, 1.807) is 0 Å². The summed E-state index contributed by atoms with van der Waals surface area (Å²) in [7, 11) is 0. The first-order valence-corrected chi connectivity index (χ1v) is 10.2. The summed E-state index contributed by atoms with van der Waals surface area (Å²) in [6.45, 7) is 3.84. The smallest absolute Gasteiger partial charge is 0.271 e. The summed E-state index contributed by atoms with van der Waals surface area (Å²) in [5.74, 6) is 0.861. The summed E-state index contributed by atoms with van der Waals surface area (Å²) >= 11 is 6.02. The normalized spacial score (nSPS) is 10.9. The lowest BCUT2D eigenvalue weighted by molar-refractivity contribution is -0.384. The van der Waals surface area contributed by atoms with Gasteiger partial charge in [-0.2, -0.15) is 10.2 Å². The van der Waals surface area contributed by atoms with Crippen molar-refractivity contribution >= 4 is 28.7 Å². The van der Waals surface area contributed by atoms with Crippen molar-refractivity contribution in [2.75, 3.05) is 25.0 Å². The van der Waals surface area contributed by atoms with Gasteiger partial charge in [0.1, 0.15) is 18.0 Å². The number of halogens is 1. The van der Waals surface area contributed by atoms with Gasteiger partial charge in [-0.3, -0.25) is 10.1 Å². The van der Waals surface area contributed by atoms with E-state index in [2.05, 4.69) is 34.6 Å². The minimum absolute atomic E-state index is 0.0695. The van der Waals surface area contributed by atoms with Crippen LogP contribution in [0, 0.1) is 17.0 Å². The number of nitro groups is 1. The molecule has 3 aromatic rings. The molecule has 0 saturated heterocycles. The van der Waals surface area contributed by atoms with Crippen LogP contribution in [0.15, 0.2) is 77.0 Å². The van der Waals surface area contributed by atoms with Crippen LogP contribution in [-0.4, -0.2) is 24.6 Å². The molecule has 8 heteroatoms. The SMILES string of the molecule is Cc1cc(NCCOc2ccccc2)ccc1CCN=Nc1ccc([N+](=O)[O-])cc1Cl. The molecule has 31 heavy (non-hydrogen) atoms. The molecule has 0 radical (unpaired) electrons. The molecule has 3 aromatic carbocycles. The highest BCUT2D eigenvalue weighted by molar-refractivity contribution is 6.33. The van der Waals surface area contributed by atoms with Crippen molar-refractivity contribution in [1.29, 1.82) is 0 Å². The van der Waals surface area contributed by atoms with E-state index >= 15 is 0 Å². The molecule has 0 bridgehead atoms. The molecule has 0 saturated carbocycles. The van der Waals surface area contributed by atoms with Crippen LogP contribution in [0.25, 0.3) is 0 Å². The van der Waals surface area contributed by atoms with Gasteiger partial charge in [0.05, 0.1) is 16.5 Å². The molecular formula is C23H23ClN4O3. The number of nitrogens with zero attached hydrogens (tertiary/aromatic N) is 3. The van der Waals surface area contributed by atoms with Crippen LogP contribution in [0.1, 0.15) is 11.1 Å². The highest BCUT2D eigenvalue weighted by Gasteiger charge is 2.09. The summed E-state index contributed by atoms with van der Waals surface area (Å²) in [4.78, 5) is 10.3. The number of rotatable bonds is 10. The molecule has 0 aliphatic carbocycles. The number of anilines is 1. The van der Waals surface area contributed by atoms with Crippen LogP contribution in [0.4, 0.5) is 17.1 Å². The Morgan fingerprint density at radius 2 is 1.90 bits per heavy atom. The van der Waals surface area contributed by atoms with Crippen molar-refractivity contribution in [2.45, 2.75) is 13.3 Å². The van der Waals surface area contributed by atoms with Gasteiger partial charge in [0.15, 0.2) is 0 Å². The van der Waals surface area contributed by atoms with E-state index < -0.39 is 4.92 Å². The van der Waals surface area contributed by atoms with Gasteiger partial charge >= 0.3 is 0 Å². The molecule has 160 valence electrons.